The molecular weight excluding hydrogens is 1140 g/mol. The number of nitrogens with zero attached hydrogens (tertiary/aromatic N) is 10. The fraction of sp³-hybridized carbons (Fsp3) is 0.559. The van der Waals surface area contributed by atoms with Crippen LogP contribution in [-0.4, -0.2) is 173 Å². The van der Waals surface area contributed by atoms with Crippen molar-refractivity contribution in [3.63, 3.8) is 0 Å². The van der Waals surface area contributed by atoms with Gasteiger partial charge in [0.25, 0.3) is 24.5 Å². The summed E-state index contributed by atoms with van der Waals surface area (Å²) in [6.07, 6.45) is -12.7. The predicted molar refractivity (Wildman–Crippen MR) is 253 cm³/mol. The third-order valence-corrected chi connectivity index (χ3v) is 18.2. The fourth-order valence-corrected chi connectivity index (χ4v) is 14.2. The number of nitrogen functional groups attached to an aromatic ring is 3. The Balaban J connectivity index is 0.869. The summed E-state index contributed by atoms with van der Waals surface area (Å²) in [5.41, 5.74) is 15.8. The van der Waals surface area contributed by atoms with Crippen LogP contribution < -0.4 is 37.8 Å². The highest BCUT2D eigenvalue weighted by Gasteiger charge is 2.53. The standard InChI is InChI=1S/C34H47N15O23P4S/c1-46-11-49(27-18(46)29(54)45-34(37)43-27)30-19(50)12(4-62-2)13(67-30)5-66-76(61,77)72-75(59,60)71-74(57,58)65-7-15-22(23(63-3)32(69-15)47-9-40-16-24(35)38-8-39-25(16)47)70-73(55,56)64-6-14-20(51)21(52)31(68-14)48-10-41-17-26(48)42-33(36)44-28(17)53/h8-15,19-23,30-32,50-52H,4-7H2,1-3H3,(H11-,35,36,37,38,39,42,43,44,45,53,54,55,56,57,58,59,60,61,77)/t12-,13-,14-,15-,19-,20-,21-,22-,23-,30-,31-,32-,76?/m1/s1. The number of nitrogens with two attached hydrogens (primary N) is 3. The highest BCUT2D eigenvalue weighted by molar-refractivity contribution is 8.08. The summed E-state index contributed by atoms with van der Waals surface area (Å²) in [4.78, 5) is 99.5. The van der Waals surface area contributed by atoms with Crippen LogP contribution in [0.2, 0.25) is 0 Å². The van der Waals surface area contributed by atoms with Crippen molar-refractivity contribution < 1.29 is 104 Å². The van der Waals surface area contributed by atoms with Crippen LogP contribution in [0.1, 0.15) is 18.7 Å². The molecule has 43 heteroatoms. The molecule has 0 radical (unpaired) electrons. The van der Waals surface area contributed by atoms with Gasteiger partial charge in [0.2, 0.25) is 24.5 Å². The van der Waals surface area contributed by atoms with Crippen molar-refractivity contribution in [1.29, 1.82) is 0 Å². The predicted octanol–water partition coefficient (Wildman–Crippen LogP) is -4.32. The van der Waals surface area contributed by atoms with Gasteiger partial charge in [-0.3, -0.25) is 37.8 Å². The summed E-state index contributed by atoms with van der Waals surface area (Å²) in [6.45, 7) is -8.16. The molecule has 3 aliphatic rings. The van der Waals surface area contributed by atoms with E-state index in [1.54, 1.807) is 0 Å². The Kier molecular flexibility index (Phi) is 16.1. The summed E-state index contributed by atoms with van der Waals surface area (Å²) in [5.74, 6) is -1.58. The van der Waals surface area contributed by atoms with Crippen LogP contribution in [0.4, 0.5) is 17.7 Å². The zero-order valence-electron chi connectivity index (χ0n) is 39.6. The summed E-state index contributed by atoms with van der Waals surface area (Å²) in [7, 11) is -13.6. The van der Waals surface area contributed by atoms with Crippen LogP contribution in [0.3, 0.4) is 0 Å². The van der Waals surface area contributed by atoms with E-state index in [1.807, 2.05) is 0 Å². The van der Waals surface area contributed by atoms with Gasteiger partial charge >= 0.3 is 27.9 Å². The van der Waals surface area contributed by atoms with Gasteiger partial charge in [0.1, 0.15) is 54.6 Å². The van der Waals surface area contributed by atoms with Crippen molar-refractivity contribution in [1.82, 2.24) is 53.6 Å². The number of nitrogens with one attached hydrogen (secondary N) is 2. The second-order valence-electron chi connectivity index (χ2n) is 17.1. The number of aryl methyl sites for hydroxylation is 1. The van der Waals surface area contributed by atoms with Gasteiger partial charge in [0.05, 0.1) is 52.2 Å². The minimum absolute atomic E-state index is 0.0185. The maximum absolute atomic E-state index is 13.6. The molecule has 4 unspecified atom stereocenters. The third-order valence-electron chi connectivity index (χ3n) is 12.1. The number of fused-ring (bicyclic) bond motifs is 3. The first-order valence-corrected chi connectivity index (χ1v) is 29.0. The first kappa shape index (κ1) is 57.0. The van der Waals surface area contributed by atoms with E-state index >= 15 is 0 Å². The molecule has 3 saturated heterocycles. The molecular formula is C34H47N15O23P4S. The van der Waals surface area contributed by atoms with Crippen molar-refractivity contribution in [2.24, 2.45) is 13.0 Å². The smallest absolute Gasteiger partial charge is 0.488 e. The number of aliphatic hydroxyl groups excluding tert-OH is 3. The fourth-order valence-electron chi connectivity index (χ4n) is 8.77. The number of rotatable bonds is 21. The third kappa shape index (κ3) is 11.7. The maximum Gasteiger partial charge on any atom is 0.488 e. The number of phosphoric acid groups is 3. The number of methoxy groups -OCH3 is 2. The molecule has 3 fully saturated rings. The molecule has 38 nitrogen and oxygen atoms in total. The second-order valence-corrected chi connectivity index (χ2v) is 24.5. The van der Waals surface area contributed by atoms with E-state index in [2.05, 4.69) is 48.5 Å². The molecule has 6 aromatic heterocycles. The van der Waals surface area contributed by atoms with Crippen LogP contribution in [-0.2, 0) is 83.0 Å². The molecule has 16 atom stereocenters. The van der Waals surface area contributed by atoms with Crippen molar-refractivity contribution >= 4 is 93.2 Å². The molecule has 0 bridgehead atoms. The highest BCUT2D eigenvalue weighted by atomic mass is 32.5. The van der Waals surface area contributed by atoms with Crippen molar-refractivity contribution in [3.05, 3.63) is 46.0 Å². The molecule has 6 aromatic rings. The highest BCUT2D eigenvalue weighted by Crippen LogP contribution is 2.68. The number of aliphatic hydroxyl groups is 3. The average Bonchev–Trinajstić information content (AvgIpc) is 4.21. The quantitative estimate of drug-likeness (QED) is 0.0240. The van der Waals surface area contributed by atoms with Crippen LogP contribution in [0.15, 0.2) is 34.9 Å². The molecule has 77 heavy (non-hydrogen) atoms. The van der Waals surface area contributed by atoms with Gasteiger partial charge in [-0.1, -0.05) is 0 Å². The molecule has 0 aliphatic carbocycles. The van der Waals surface area contributed by atoms with Gasteiger partial charge in [-0.15, -0.1) is 0 Å². The Hall–Kier alpha value is -4.73. The molecule has 0 aromatic carbocycles. The Morgan fingerprint density at radius 3 is 2.03 bits per heavy atom. The topological polar surface area (TPSA) is 537 Å². The normalized spacial score (nSPS) is 30.0. The van der Waals surface area contributed by atoms with Crippen molar-refractivity contribution in [3.8, 4) is 0 Å². The number of aromatic nitrogens is 12. The minimum atomic E-state index is -5.98. The van der Waals surface area contributed by atoms with E-state index < -0.39 is 135 Å². The van der Waals surface area contributed by atoms with Gasteiger partial charge in [-0.25, -0.2) is 37.9 Å². The summed E-state index contributed by atoms with van der Waals surface area (Å²) in [5, 5.41) is 33.1. The van der Waals surface area contributed by atoms with Gasteiger partial charge < -0.3 is 89.3 Å². The molecule has 0 amide bonds. The van der Waals surface area contributed by atoms with Gasteiger partial charge in [0, 0.05) is 20.1 Å². The SMILES string of the molecule is COC[C@H]1[C@@H](O)[C@H](n2c[n+](C)c3c(=O)[nH]c(N)nc32)O[C@@H]1COP(O)(=S)OP(=O)(O)OP(=O)(O)OC[C@H]1O[C@@H](n2cnc3c(N)ncnc32)[C@H](OC)[C@@H]1OP(=O)([O-])OC[C@H]1O[C@@H](n2cnc3c(=O)[nH]c(N)nc32)[C@H](O)[C@@H]1O. The molecule has 9 heterocycles. The van der Waals surface area contributed by atoms with Gasteiger partial charge in [-0.05, 0) is 11.8 Å². The number of hydrogen-bond acceptors (Lipinski definition) is 30. The first-order chi connectivity index (χ1) is 36.2. The van der Waals surface area contributed by atoms with Crippen molar-refractivity contribution in [2.75, 3.05) is 57.8 Å². The Morgan fingerprint density at radius 2 is 1.32 bits per heavy atom. The Morgan fingerprint density at radius 1 is 0.714 bits per heavy atom. The summed E-state index contributed by atoms with van der Waals surface area (Å²) < 4.78 is 103. The van der Waals surface area contributed by atoms with Gasteiger partial charge in [-0.2, -0.15) is 18.8 Å². The number of anilines is 3. The monoisotopic (exact) mass is 1190 g/mol. The zero-order chi connectivity index (χ0) is 55.7. The molecule has 422 valence electrons. The number of aromatic amines is 2. The van der Waals surface area contributed by atoms with E-state index in [4.69, 9.17) is 70.8 Å². The van der Waals surface area contributed by atoms with Gasteiger partial charge in [0.15, 0.2) is 35.1 Å². The number of H-pyrrole nitrogens is 2. The zero-order valence-corrected chi connectivity index (χ0v) is 44.0. The van der Waals surface area contributed by atoms with E-state index in [1.165, 1.54) is 34.2 Å². The van der Waals surface area contributed by atoms with Crippen LogP contribution in [0.25, 0.3) is 33.5 Å². The number of ether oxygens (including phenoxy) is 5. The molecule has 14 N–H and O–H groups in total. The minimum Gasteiger partial charge on any atom is -0.756 e. The summed E-state index contributed by atoms with van der Waals surface area (Å²) in [6, 6.07) is 0. The number of imidazole rings is 3. The van der Waals surface area contributed by atoms with Crippen molar-refractivity contribution in [2.45, 2.75) is 67.5 Å². The molecule has 0 saturated carbocycles. The molecule has 9 rings (SSSR count). The molecule has 0 spiro atoms. The lowest BCUT2D eigenvalue weighted by Gasteiger charge is -2.31. The van der Waals surface area contributed by atoms with E-state index in [9.17, 15) is 58.2 Å². The Bertz CT molecular complexity index is 3510. The number of phosphoric ester groups is 2. The lowest BCUT2D eigenvalue weighted by atomic mass is 9.99. The largest absolute Gasteiger partial charge is 0.756 e. The van der Waals surface area contributed by atoms with E-state index in [0.29, 0.717) is 0 Å². The molecule has 3 aliphatic heterocycles. The second kappa shape index (κ2) is 21.7. The summed E-state index contributed by atoms with van der Waals surface area (Å²) >= 11 is 4.90. The average molecular weight is 1190 g/mol. The lowest BCUT2D eigenvalue weighted by molar-refractivity contribution is -0.646. The maximum atomic E-state index is 13.6. The van der Waals surface area contributed by atoms with Crippen LogP contribution in [0.5, 0.6) is 0 Å². The van der Waals surface area contributed by atoms with Crippen LogP contribution >= 0.6 is 30.2 Å². The lowest BCUT2D eigenvalue weighted by Crippen LogP contribution is -2.39. The van der Waals surface area contributed by atoms with Crippen LogP contribution in [0, 0.1) is 5.92 Å². The van der Waals surface area contributed by atoms with E-state index in [0.717, 1.165) is 30.7 Å². The number of hydrogen-bond donors (Lipinski definition) is 11. The van der Waals surface area contributed by atoms with E-state index in [-0.39, 0.29) is 57.8 Å². The Labute approximate surface area is 433 Å². The first-order valence-electron chi connectivity index (χ1n) is 22.0.